The van der Waals surface area contributed by atoms with E-state index in [1.54, 1.807) is 0 Å². The second-order valence-electron chi connectivity index (χ2n) is 5.78. The Bertz CT molecular complexity index is 342. The summed E-state index contributed by atoms with van der Waals surface area (Å²) in [4.78, 5) is 2.58. The molecule has 19 heavy (non-hydrogen) atoms. The average molecular weight is 261 g/mol. The maximum atomic E-state index is 3.34. The molecule has 0 radical (unpaired) electrons. The van der Waals surface area contributed by atoms with Gasteiger partial charge in [0, 0.05) is 27.2 Å². The summed E-state index contributed by atoms with van der Waals surface area (Å²) in [5, 5.41) is 2.03. The molecule has 1 heterocycles. The summed E-state index contributed by atoms with van der Waals surface area (Å²) >= 11 is 0. The van der Waals surface area contributed by atoms with Crippen LogP contribution in [0.2, 0.25) is 0 Å². The van der Waals surface area contributed by atoms with E-state index < -0.39 is 0 Å². The Kier molecular flexibility index (Phi) is 5.83. The van der Waals surface area contributed by atoms with Crippen molar-refractivity contribution < 1.29 is 0 Å². The summed E-state index contributed by atoms with van der Waals surface area (Å²) in [6.07, 6.45) is 3.94. The summed E-state index contributed by atoms with van der Waals surface area (Å²) in [5.74, 6) is 0.875. The first-order valence-corrected chi connectivity index (χ1v) is 7.41. The fourth-order valence-electron chi connectivity index (χ4n) is 2.79. The Morgan fingerprint density at radius 1 is 1.16 bits per heavy atom. The van der Waals surface area contributed by atoms with Gasteiger partial charge in [0.25, 0.3) is 0 Å². The van der Waals surface area contributed by atoms with Crippen LogP contribution >= 0.6 is 0 Å². The molecule has 1 fully saturated rings. The van der Waals surface area contributed by atoms with Gasteiger partial charge in [-0.05, 0) is 43.8 Å². The number of piperidine rings is 1. The van der Waals surface area contributed by atoms with Gasteiger partial charge in [0.05, 0.1) is 0 Å². The van der Waals surface area contributed by atoms with Crippen LogP contribution in [0.15, 0.2) is 30.3 Å². The van der Waals surface area contributed by atoms with Crippen LogP contribution in [0.1, 0.15) is 18.4 Å². The van der Waals surface area contributed by atoms with Crippen molar-refractivity contribution >= 4 is 0 Å². The molecule has 1 aromatic carbocycles. The van der Waals surface area contributed by atoms with Crippen molar-refractivity contribution in [1.29, 1.82) is 0 Å². The molecule has 0 amide bonds. The second kappa shape index (κ2) is 7.63. The van der Waals surface area contributed by atoms with E-state index in [0.717, 1.165) is 19.0 Å². The smallest absolute Gasteiger partial charge is 0.0230 e. The number of hydrogen-bond donors (Lipinski definition) is 1. The highest BCUT2D eigenvalue weighted by Crippen LogP contribution is 2.21. The maximum Gasteiger partial charge on any atom is 0.0230 e. The highest BCUT2D eigenvalue weighted by atomic mass is 15.5. The lowest BCUT2D eigenvalue weighted by Gasteiger charge is -2.32. The van der Waals surface area contributed by atoms with Gasteiger partial charge in [-0.3, -0.25) is 10.4 Å². The van der Waals surface area contributed by atoms with Crippen molar-refractivity contribution in [3.05, 3.63) is 35.9 Å². The first-order valence-electron chi connectivity index (χ1n) is 7.41. The number of nitrogens with zero attached hydrogens (tertiary/aromatic N) is 2. The Morgan fingerprint density at radius 3 is 2.47 bits per heavy atom. The Balaban J connectivity index is 1.65. The number of benzene rings is 1. The molecule has 1 aliphatic rings. The lowest BCUT2D eigenvalue weighted by molar-refractivity contribution is 0.170. The molecule has 106 valence electrons. The van der Waals surface area contributed by atoms with Gasteiger partial charge in [-0.1, -0.05) is 30.3 Å². The molecule has 0 spiro atoms. The third-order valence-corrected chi connectivity index (χ3v) is 3.93. The monoisotopic (exact) mass is 261 g/mol. The van der Waals surface area contributed by atoms with Crippen molar-refractivity contribution in [3.63, 3.8) is 0 Å². The summed E-state index contributed by atoms with van der Waals surface area (Å²) < 4.78 is 0. The summed E-state index contributed by atoms with van der Waals surface area (Å²) in [6.45, 7) is 4.73. The molecular weight excluding hydrogens is 234 g/mol. The van der Waals surface area contributed by atoms with Gasteiger partial charge in [-0.15, -0.1) is 0 Å². The summed E-state index contributed by atoms with van der Waals surface area (Å²) in [6, 6.07) is 10.9. The predicted octanol–water partition coefficient (Wildman–Crippen LogP) is 2.01. The molecule has 0 saturated carbocycles. The van der Waals surface area contributed by atoms with Crippen LogP contribution in [0.25, 0.3) is 0 Å². The maximum absolute atomic E-state index is 3.34. The van der Waals surface area contributed by atoms with E-state index in [2.05, 4.69) is 40.7 Å². The minimum atomic E-state index is 0.875. The van der Waals surface area contributed by atoms with Crippen LogP contribution in [-0.4, -0.2) is 50.2 Å². The minimum Gasteiger partial charge on any atom is -0.302 e. The largest absolute Gasteiger partial charge is 0.302 e. The minimum absolute atomic E-state index is 0.875. The quantitative estimate of drug-likeness (QED) is 0.790. The van der Waals surface area contributed by atoms with Gasteiger partial charge in [0.15, 0.2) is 0 Å². The zero-order valence-electron chi connectivity index (χ0n) is 12.3. The lowest BCUT2D eigenvalue weighted by atomic mass is 9.90. The van der Waals surface area contributed by atoms with Gasteiger partial charge in [0.1, 0.15) is 0 Å². The third kappa shape index (κ3) is 5.31. The molecule has 1 N–H and O–H groups in total. The highest BCUT2D eigenvalue weighted by Gasteiger charge is 2.18. The molecule has 3 heteroatoms. The van der Waals surface area contributed by atoms with Gasteiger partial charge >= 0.3 is 0 Å². The second-order valence-corrected chi connectivity index (χ2v) is 5.78. The zero-order chi connectivity index (χ0) is 13.5. The first kappa shape index (κ1) is 14.5. The van der Waals surface area contributed by atoms with E-state index in [-0.39, 0.29) is 0 Å². The molecule has 2 rings (SSSR count). The molecule has 0 unspecified atom stereocenters. The van der Waals surface area contributed by atoms with Gasteiger partial charge in [0.2, 0.25) is 0 Å². The Hall–Kier alpha value is -0.900. The number of hydrazine groups is 1. The SMILES string of the molecule is CN(C)NCCN1CCC(Cc2ccccc2)CC1. The van der Waals surface area contributed by atoms with E-state index in [1.807, 2.05) is 19.1 Å². The number of rotatable bonds is 6. The molecule has 1 aromatic rings. The van der Waals surface area contributed by atoms with Crippen molar-refractivity contribution in [2.24, 2.45) is 5.92 Å². The number of hydrogen-bond acceptors (Lipinski definition) is 3. The molecule has 0 aromatic heterocycles. The van der Waals surface area contributed by atoms with Crippen LogP contribution in [0.5, 0.6) is 0 Å². The van der Waals surface area contributed by atoms with Crippen LogP contribution < -0.4 is 5.43 Å². The normalized spacial score (nSPS) is 18.1. The van der Waals surface area contributed by atoms with E-state index in [4.69, 9.17) is 0 Å². The van der Waals surface area contributed by atoms with Crippen molar-refractivity contribution in [1.82, 2.24) is 15.3 Å². The van der Waals surface area contributed by atoms with Gasteiger partial charge in [-0.25, -0.2) is 0 Å². The first-order chi connectivity index (χ1) is 9.24. The fraction of sp³-hybridized carbons (Fsp3) is 0.625. The third-order valence-electron chi connectivity index (χ3n) is 3.93. The van der Waals surface area contributed by atoms with E-state index in [1.165, 1.54) is 37.9 Å². The fourth-order valence-corrected chi connectivity index (χ4v) is 2.79. The molecule has 1 saturated heterocycles. The lowest BCUT2D eigenvalue weighted by Crippen LogP contribution is -2.41. The average Bonchev–Trinajstić information content (AvgIpc) is 2.42. The number of nitrogens with one attached hydrogen (secondary N) is 1. The zero-order valence-corrected chi connectivity index (χ0v) is 12.3. The van der Waals surface area contributed by atoms with Crippen molar-refractivity contribution in [3.8, 4) is 0 Å². The van der Waals surface area contributed by atoms with Crippen LogP contribution in [0.3, 0.4) is 0 Å². The van der Waals surface area contributed by atoms with Crippen molar-refractivity contribution in [2.45, 2.75) is 19.3 Å². The van der Waals surface area contributed by atoms with Crippen LogP contribution in [0.4, 0.5) is 0 Å². The van der Waals surface area contributed by atoms with Gasteiger partial charge in [-0.2, -0.15) is 0 Å². The molecule has 0 atom stereocenters. The van der Waals surface area contributed by atoms with E-state index in [9.17, 15) is 0 Å². The summed E-state index contributed by atoms with van der Waals surface area (Å²) in [7, 11) is 4.10. The number of likely N-dealkylation sites (tertiary alicyclic amines) is 1. The van der Waals surface area contributed by atoms with Crippen LogP contribution in [0, 0.1) is 5.92 Å². The molecular formula is C16H27N3. The Morgan fingerprint density at radius 2 is 1.84 bits per heavy atom. The predicted molar refractivity (Wildman–Crippen MR) is 81.0 cm³/mol. The van der Waals surface area contributed by atoms with Gasteiger partial charge < -0.3 is 4.90 Å². The Labute approximate surface area is 117 Å². The van der Waals surface area contributed by atoms with E-state index >= 15 is 0 Å². The molecule has 3 nitrogen and oxygen atoms in total. The topological polar surface area (TPSA) is 18.5 Å². The van der Waals surface area contributed by atoms with Crippen LogP contribution in [-0.2, 0) is 6.42 Å². The molecule has 0 aliphatic carbocycles. The molecule has 0 bridgehead atoms. The summed E-state index contributed by atoms with van der Waals surface area (Å²) in [5.41, 5.74) is 4.83. The molecule has 1 aliphatic heterocycles. The standard InChI is InChI=1S/C16H27N3/c1-18(2)17-10-13-19-11-8-16(9-12-19)14-15-6-4-3-5-7-15/h3-7,16-17H,8-14H2,1-2H3. The highest BCUT2D eigenvalue weighted by molar-refractivity contribution is 5.15. The van der Waals surface area contributed by atoms with Crippen molar-refractivity contribution in [2.75, 3.05) is 40.3 Å². The van der Waals surface area contributed by atoms with E-state index in [0.29, 0.717) is 0 Å².